The van der Waals surface area contributed by atoms with E-state index in [2.05, 4.69) is 0 Å². The minimum Gasteiger partial charge on any atom is -0.387 e. The minimum absolute atomic E-state index is 0.377. The summed E-state index contributed by atoms with van der Waals surface area (Å²) in [5, 5.41) is 9.32. The Morgan fingerprint density at radius 1 is 1.62 bits per heavy atom. The van der Waals surface area contributed by atoms with Gasteiger partial charge in [0, 0.05) is 6.61 Å². The van der Waals surface area contributed by atoms with Crippen LogP contribution in [0.1, 0.15) is 12.8 Å². The number of aliphatic hydroxyl groups is 1. The second-order valence-corrected chi connectivity index (χ2v) is 2.85. The summed E-state index contributed by atoms with van der Waals surface area (Å²) in [6, 6.07) is 0. The highest BCUT2D eigenvalue weighted by molar-refractivity contribution is 5.04. The monoisotopic (exact) mass is 114 g/mol. The van der Waals surface area contributed by atoms with Crippen LogP contribution < -0.4 is 0 Å². The third kappa shape index (κ3) is 0.501. The van der Waals surface area contributed by atoms with Gasteiger partial charge in [0.25, 0.3) is 0 Å². The smallest absolute Gasteiger partial charge is 0.0913 e. The molecule has 0 unspecified atom stereocenters. The van der Waals surface area contributed by atoms with Crippen LogP contribution in [-0.4, -0.2) is 23.9 Å². The highest BCUT2D eigenvalue weighted by Crippen LogP contribution is 2.48. The molecule has 46 valence electrons. The lowest BCUT2D eigenvalue weighted by Crippen LogP contribution is -2.24. The minimum atomic E-state index is -0.377. The summed E-state index contributed by atoms with van der Waals surface area (Å²) in [5.41, 5.74) is -0.377. The lowest BCUT2D eigenvalue weighted by atomic mass is 10.2. The van der Waals surface area contributed by atoms with Crippen LogP contribution in [-0.2, 0) is 4.74 Å². The van der Waals surface area contributed by atoms with E-state index in [4.69, 9.17) is 4.74 Å². The molecule has 1 aliphatic heterocycles. The van der Waals surface area contributed by atoms with Crippen LogP contribution in [0.25, 0.3) is 0 Å². The Bertz CT molecular complexity index is 111. The Hall–Kier alpha value is -0.0800. The van der Waals surface area contributed by atoms with Crippen molar-refractivity contribution in [2.75, 3.05) is 13.2 Å². The fourth-order valence-electron chi connectivity index (χ4n) is 1.39. The first-order valence-electron chi connectivity index (χ1n) is 3.11. The van der Waals surface area contributed by atoms with E-state index in [-0.39, 0.29) is 5.60 Å². The maximum absolute atomic E-state index is 9.32. The van der Waals surface area contributed by atoms with Gasteiger partial charge in [0.15, 0.2) is 0 Å². The second kappa shape index (κ2) is 1.25. The molecule has 1 saturated carbocycles. The number of hydrogen-bond acceptors (Lipinski definition) is 2. The molecular weight excluding hydrogens is 104 g/mol. The molecular formula is C6H10O2. The average Bonchev–Trinajstić information content (AvgIpc) is 2.39. The summed E-state index contributed by atoms with van der Waals surface area (Å²) in [5.74, 6) is 0.580. The summed E-state index contributed by atoms with van der Waals surface area (Å²) < 4.78 is 5.08. The van der Waals surface area contributed by atoms with Crippen molar-refractivity contribution in [3.05, 3.63) is 0 Å². The highest BCUT2D eigenvalue weighted by Gasteiger charge is 2.54. The van der Waals surface area contributed by atoms with Crippen LogP contribution in [0.5, 0.6) is 0 Å². The first-order chi connectivity index (χ1) is 3.81. The predicted molar refractivity (Wildman–Crippen MR) is 28.5 cm³/mol. The summed E-state index contributed by atoms with van der Waals surface area (Å²) in [6.45, 7) is 1.44. The van der Waals surface area contributed by atoms with Gasteiger partial charge in [-0.3, -0.25) is 0 Å². The molecule has 2 atom stereocenters. The number of ether oxygens (including phenoxy) is 1. The van der Waals surface area contributed by atoms with Gasteiger partial charge in [0.2, 0.25) is 0 Å². The summed E-state index contributed by atoms with van der Waals surface area (Å²) in [4.78, 5) is 0. The van der Waals surface area contributed by atoms with Gasteiger partial charge in [0.1, 0.15) is 0 Å². The topological polar surface area (TPSA) is 29.5 Å². The molecule has 1 saturated heterocycles. The molecule has 1 aliphatic carbocycles. The van der Waals surface area contributed by atoms with Gasteiger partial charge in [0.05, 0.1) is 12.2 Å². The van der Waals surface area contributed by atoms with Crippen LogP contribution in [0.15, 0.2) is 0 Å². The molecule has 0 aromatic carbocycles. The van der Waals surface area contributed by atoms with Crippen molar-refractivity contribution < 1.29 is 9.84 Å². The van der Waals surface area contributed by atoms with Crippen molar-refractivity contribution in [3.63, 3.8) is 0 Å². The Morgan fingerprint density at radius 2 is 2.50 bits per heavy atom. The molecule has 2 aliphatic rings. The Balaban J connectivity index is 2.04. The van der Waals surface area contributed by atoms with Gasteiger partial charge in [-0.05, 0) is 18.8 Å². The average molecular weight is 114 g/mol. The van der Waals surface area contributed by atoms with E-state index >= 15 is 0 Å². The molecule has 0 amide bonds. The largest absolute Gasteiger partial charge is 0.387 e. The zero-order valence-electron chi connectivity index (χ0n) is 4.76. The zero-order valence-corrected chi connectivity index (χ0v) is 4.76. The van der Waals surface area contributed by atoms with Gasteiger partial charge in [-0.15, -0.1) is 0 Å². The van der Waals surface area contributed by atoms with Crippen molar-refractivity contribution in [1.29, 1.82) is 0 Å². The molecule has 1 N–H and O–H groups in total. The van der Waals surface area contributed by atoms with Crippen LogP contribution in [0.2, 0.25) is 0 Å². The number of fused-ring (bicyclic) bond motifs is 1. The molecule has 0 aromatic rings. The van der Waals surface area contributed by atoms with Gasteiger partial charge >= 0.3 is 0 Å². The fourth-order valence-corrected chi connectivity index (χ4v) is 1.39. The quantitative estimate of drug-likeness (QED) is 0.486. The maximum atomic E-state index is 9.32. The van der Waals surface area contributed by atoms with Crippen LogP contribution in [0, 0.1) is 5.92 Å². The standard InChI is InChI=1S/C6H10O2/c7-6-3-5(6)1-2-8-4-6/h5,7H,1-4H2/t5-,6+/m0/s1. The first kappa shape index (κ1) is 4.77. The van der Waals surface area contributed by atoms with Crippen molar-refractivity contribution >= 4 is 0 Å². The maximum Gasteiger partial charge on any atom is 0.0913 e. The normalized spacial score (nSPS) is 52.9. The van der Waals surface area contributed by atoms with E-state index in [0.717, 1.165) is 19.4 Å². The van der Waals surface area contributed by atoms with Crippen molar-refractivity contribution in [2.24, 2.45) is 5.92 Å². The predicted octanol–water partition coefficient (Wildman–Crippen LogP) is 0.158. The van der Waals surface area contributed by atoms with Crippen molar-refractivity contribution in [2.45, 2.75) is 18.4 Å². The lowest BCUT2D eigenvalue weighted by molar-refractivity contribution is -0.0202. The summed E-state index contributed by atoms with van der Waals surface area (Å²) >= 11 is 0. The molecule has 8 heavy (non-hydrogen) atoms. The highest BCUT2D eigenvalue weighted by atomic mass is 16.5. The Kier molecular flexibility index (Phi) is 0.746. The second-order valence-electron chi connectivity index (χ2n) is 2.85. The third-order valence-corrected chi connectivity index (χ3v) is 2.16. The molecule has 2 heteroatoms. The van der Waals surface area contributed by atoms with Crippen LogP contribution >= 0.6 is 0 Å². The molecule has 2 fully saturated rings. The van der Waals surface area contributed by atoms with E-state index in [1.807, 2.05) is 0 Å². The SMILES string of the molecule is O[C@]12COCC[C@H]1C2. The van der Waals surface area contributed by atoms with Crippen molar-refractivity contribution in [3.8, 4) is 0 Å². The molecule has 2 nitrogen and oxygen atoms in total. The van der Waals surface area contributed by atoms with Gasteiger partial charge in [-0.1, -0.05) is 0 Å². The van der Waals surface area contributed by atoms with Gasteiger partial charge in [-0.25, -0.2) is 0 Å². The van der Waals surface area contributed by atoms with Crippen molar-refractivity contribution in [1.82, 2.24) is 0 Å². The Morgan fingerprint density at radius 3 is 3.00 bits per heavy atom. The Labute approximate surface area is 48.5 Å². The van der Waals surface area contributed by atoms with E-state index in [1.165, 1.54) is 0 Å². The van der Waals surface area contributed by atoms with Crippen LogP contribution in [0.3, 0.4) is 0 Å². The van der Waals surface area contributed by atoms with Crippen LogP contribution in [0.4, 0.5) is 0 Å². The summed E-state index contributed by atoms with van der Waals surface area (Å²) in [6.07, 6.45) is 2.05. The molecule has 0 spiro atoms. The lowest BCUT2D eigenvalue weighted by Gasteiger charge is -2.15. The van der Waals surface area contributed by atoms with Gasteiger partial charge < -0.3 is 9.84 Å². The zero-order chi connectivity index (χ0) is 5.61. The summed E-state index contributed by atoms with van der Waals surface area (Å²) in [7, 11) is 0. The molecule has 0 bridgehead atoms. The number of rotatable bonds is 0. The van der Waals surface area contributed by atoms with E-state index in [0.29, 0.717) is 12.5 Å². The van der Waals surface area contributed by atoms with E-state index < -0.39 is 0 Å². The van der Waals surface area contributed by atoms with E-state index in [1.54, 1.807) is 0 Å². The third-order valence-electron chi connectivity index (χ3n) is 2.16. The van der Waals surface area contributed by atoms with E-state index in [9.17, 15) is 5.11 Å². The van der Waals surface area contributed by atoms with Gasteiger partial charge in [-0.2, -0.15) is 0 Å². The number of hydrogen-bond donors (Lipinski definition) is 1. The first-order valence-corrected chi connectivity index (χ1v) is 3.11. The molecule has 0 aromatic heterocycles. The molecule has 0 radical (unpaired) electrons. The molecule has 2 rings (SSSR count). The molecule has 1 heterocycles. The fraction of sp³-hybridized carbons (Fsp3) is 1.00.